The summed E-state index contributed by atoms with van der Waals surface area (Å²) in [4.78, 5) is 20.4. The minimum absolute atomic E-state index is 0.0713. The van der Waals surface area contributed by atoms with E-state index in [0.717, 1.165) is 46.9 Å². The third-order valence-corrected chi connectivity index (χ3v) is 6.74. The maximum absolute atomic E-state index is 13.1. The second-order valence-corrected chi connectivity index (χ2v) is 9.46. The lowest BCUT2D eigenvalue weighted by atomic mass is 10.0. The predicted octanol–water partition coefficient (Wildman–Crippen LogP) is 4.85. The number of aryl methyl sites for hydroxylation is 2. The topological polar surface area (TPSA) is 63.1 Å². The van der Waals surface area contributed by atoms with Crippen LogP contribution < -0.4 is 5.32 Å². The molecular formula is C25H32ClN5O. The maximum atomic E-state index is 13.1. The van der Waals surface area contributed by atoms with E-state index in [0.29, 0.717) is 22.8 Å². The van der Waals surface area contributed by atoms with Gasteiger partial charge in [0.1, 0.15) is 0 Å². The van der Waals surface area contributed by atoms with E-state index in [-0.39, 0.29) is 5.91 Å². The molecule has 0 radical (unpaired) electrons. The summed E-state index contributed by atoms with van der Waals surface area (Å²) in [6.45, 7) is 12.1. The minimum Gasteiger partial charge on any atom is -0.352 e. The number of nitrogens with one attached hydrogen (secondary N) is 1. The molecule has 6 nitrogen and oxygen atoms in total. The molecule has 7 heteroatoms. The third kappa shape index (κ3) is 4.66. The smallest absolute Gasteiger partial charge is 0.252 e. The van der Waals surface area contributed by atoms with E-state index in [2.05, 4.69) is 17.1 Å². The number of hydrogen-bond acceptors (Lipinski definition) is 4. The van der Waals surface area contributed by atoms with Gasteiger partial charge in [0.25, 0.3) is 5.91 Å². The highest BCUT2D eigenvalue weighted by molar-refractivity contribution is 6.31. The van der Waals surface area contributed by atoms with E-state index in [1.165, 1.54) is 25.9 Å². The molecule has 1 fully saturated rings. The van der Waals surface area contributed by atoms with Crippen LogP contribution in [0.4, 0.5) is 0 Å². The molecule has 0 aliphatic carbocycles. The van der Waals surface area contributed by atoms with Gasteiger partial charge in [-0.2, -0.15) is 5.10 Å². The number of hydrogen-bond donors (Lipinski definition) is 1. The standard InChI is InChI=1S/C25H32ClN5O/c1-16-8-6-12-30(15-16)13-7-11-27-25(32)20-14-17(2)28-24-23(20)19(4)29-31(24)22-10-5-9-21(26)18(22)3/h5,9-10,14,16H,6-8,11-13,15H2,1-4H3,(H,27,32). The third-order valence-electron chi connectivity index (χ3n) is 6.33. The van der Waals surface area contributed by atoms with Gasteiger partial charge < -0.3 is 10.2 Å². The van der Waals surface area contributed by atoms with E-state index >= 15 is 0 Å². The van der Waals surface area contributed by atoms with Crippen LogP contribution in [0.1, 0.15) is 53.5 Å². The predicted molar refractivity (Wildman–Crippen MR) is 130 cm³/mol. The van der Waals surface area contributed by atoms with Crippen LogP contribution in [0.5, 0.6) is 0 Å². The van der Waals surface area contributed by atoms with Crippen molar-refractivity contribution < 1.29 is 4.79 Å². The molecule has 1 aromatic carbocycles. The highest BCUT2D eigenvalue weighted by Gasteiger charge is 2.21. The zero-order valence-corrected chi connectivity index (χ0v) is 20.2. The lowest BCUT2D eigenvalue weighted by molar-refractivity contribution is 0.0951. The Bertz CT molecular complexity index is 1140. The fourth-order valence-electron chi connectivity index (χ4n) is 4.68. The molecule has 1 saturated heterocycles. The molecule has 1 unspecified atom stereocenters. The van der Waals surface area contributed by atoms with Crippen LogP contribution >= 0.6 is 11.6 Å². The van der Waals surface area contributed by atoms with Gasteiger partial charge in [0.15, 0.2) is 5.65 Å². The summed E-state index contributed by atoms with van der Waals surface area (Å²) in [5.41, 5.74) is 4.67. The molecule has 1 atom stereocenters. The average Bonchev–Trinajstić information content (AvgIpc) is 3.08. The first-order chi connectivity index (χ1) is 15.3. The summed E-state index contributed by atoms with van der Waals surface area (Å²) in [6, 6.07) is 7.59. The van der Waals surface area contributed by atoms with Crippen molar-refractivity contribution >= 4 is 28.5 Å². The number of fused-ring (bicyclic) bond motifs is 1. The Hall–Kier alpha value is -2.44. The van der Waals surface area contributed by atoms with Crippen molar-refractivity contribution in [2.75, 3.05) is 26.2 Å². The van der Waals surface area contributed by atoms with Crippen LogP contribution in [0, 0.1) is 26.7 Å². The SMILES string of the molecule is Cc1cc(C(=O)NCCCN2CCCC(C)C2)c2c(C)nn(-c3cccc(Cl)c3C)c2n1. The van der Waals surface area contributed by atoms with Gasteiger partial charge in [-0.1, -0.05) is 24.6 Å². The van der Waals surface area contributed by atoms with E-state index in [1.54, 1.807) is 4.68 Å². The molecule has 0 saturated carbocycles. The molecule has 1 aliphatic heterocycles. The monoisotopic (exact) mass is 453 g/mol. The van der Waals surface area contributed by atoms with Crippen molar-refractivity contribution in [1.29, 1.82) is 0 Å². The van der Waals surface area contributed by atoms with Gasteiger partial charge in [-0.15, -0.1) is 0 Å². The van der Waals surface area contributed by atoms with Crippen molar-refractivity contribution in [1.82, 2.24) is 25.0 Å². The molecule has 1 aliphatic rings. The fourth-order valence-corrected chi connectivity index (χ4v) is 4.85. The first-order valence-corrected chi connectivity index (χ1v) is 11.9. The number of carbonyl (C=O) groups is 1. The summed E-state index contributed by atoms with van der Waals surface area (Å²) in [7, 11) is 0. The van der Waals surface area contributed by atoms with E-state index < -0.39 is 0 Å². The first-order valence-electron chi connectivity index (χ1n) is 11.5. The number of rotatable bonds is 6. The van der Waals surface area contributed by atoms with Crippen molar-refractivity contribution in [2.45, 2.75) is 47.0 Å². The minimum atomic E-state index is -0.0713. The van der Waals surface area contributed by atoms with Crippen LogP contribution in [0.15, 0.2) is 24.3 Å². The molecular weight excluding hydrogens is 422 g/mol. The Morgan fingerprint density at radius 3 is 2.88 bits per heavy atom. The number of likely N-dealkylation sites (tertiary alicyclic amines) is 1. The first kappa shape index (κ1) is 22.7. The Balaban J connectivity index is 1.54. The Morgan fingerprint density at radius 2 is 2.09 bits per heavy atom. The zero-order valence-electron chi connectivity index (χ0n) is 19.4. The number of benzene rings is 1. The lowest BCUT2D eigenvalue weighted by Gasteiger charge is -2.30. The summed E-state index contributed by atoms with van der Waals surface area (Å²) in [5, 5.41) is 9.30. The average molecular weight is 454 g/mol. The highest BCUT2D eigenvalue weighted by atomic mass is 35.5. The number of nitrogens with zero attached hydrogens (tertiary/aromatic N) is 4. The van der Waals surface area contributed by atoms with Gasteiger partial charge >= 0.3 is 0 Å². The number of halogens is 1. The Labute approximate surface area is 195 Å². The molecule has 1 N–H and O–H groups in total. The number of aromatic nitrogens is 3. The van der Waals surface area contributed by atoms with Crippen LogP contribution in [0.25, 0.3) is 16.7 Å². The fraction of sp³-hybridized carbons (Fsp3) is 0.480. The van der Waals surface area contributed by atoms with Crippen molar-refractivity contribution in [3.8, 4) is 5.69 Å². The van der Waals surface area contributed by atoms with Crippen molar-refractivity contribution in [3.05, 3.63) is 51.8 Å². The second-order valence-electron chi connectivity index (χ2n) is 9.05. The van der Waals surface area contributed by atoms with Gasteiger partial charge in [0, 0.05) is 23.8 Å². The highest BCUT2D eigenvalue weighted by Crippen LogP contribution is 2.28. The van der Waals surface area contributed by atoms with Gasteiger partial charge in [-0.25, -0.2) is 9.67 Å². The van der Waals surface area contributed by atoms with Crippen LogP contribution in [0.2, 0.25) is 5.02 Å². The molecule has 3 heterocycles. The molecule has 0 bridgehead atoms. The Morgan fingerprint density at radius 1 is 1.28 bits per heavy atom. The van der Waals surface area contributed by atoms with Crippen LogP contribution in [-0.4, -0.2) is 51.8 Å². The lowest BCUT2D eigenvalue weighted by Crippen LogP contribution is -2.36. The van der Waals surface area contributed by atoms with E-state index in [9.17, 15) is 4.79 Å². The molecule has 3 aromatic rings. The second kappa shape index (κ2) is 9.59. The number of carbonyl (C=O) groups excluding carboxylic acids is 1. The van der Waals surface area contributed by atoms with Crippen molar-refractivity contribution in [2.24, 2.45) is 5.92 Å². The van der Waals surface area contributed by atoms with Gasteiger partial charge in [0.2, 0.25) is 0 Å². The van der Waals surface area contributed by atoms with Gasteiger partial charge in [-0.3, -0.25) is 4.79 Å². The van der Waals surface area contributed by atoms with Crippen LogP contribution in [0.3, 0.4) is 0 Å². The van der Waals surface area contributed by atoms with Gasteiger partial charge in [0.05, 0.1) is 22.3 Å². The van der Waals surface area contributed by atoms with Gasteiger partial charge in [-0.05, 0) is 82.8 Å². The molecule has 32 heavy (non-hydrogen) atoms. The van der Waals surface area contributed by atoms with E-state index in [1.807, 2.05) is 45.0 Å². The summed E-state index contributed by atoms with van der Waals surface area (Å²) >= 11 is 6.34. The summed E-state index contributed by atoms with van der Waals surface area (Å²) in [5.74, 6) is 0.701. The quantitative estimate of drug-likeness (QED) is 0.542. The largest absolute Gasteiger partial charge is 0.352 e. The molecule has 4 rings (SSSR count). The molecule has 2 aromatic heterocycles. The summed E-state index contributed by atoms with van der Waals surface area (Å²) in [6.07, 6.45) is 3.55. The number of pyridine rings is 1. The normalized spacial score (nSPS) is 17.1. The van der Waals surface area contributed by atoms with Crippen molar-refractivity contribution in [3.63, 3.8) is 0 Å². The summed E-state index contributed by atoms with van der Waals surface area (Å²) < 4.78 is 1.80. The maximum Gasteiger partial charge on any atom is 0.252 e. The number of amides is 1. The Kier molecular flexibility index (Phi) is 6.82. The van der Waals surface area contributed by atoms with E-state index in [4.69, 9.17) is 21.7 Å². The molecule has 170 valence electrons. The van der Waals surface area contributed by atoms with Crippen LogP contribution in [-0.2, 0) is 0 Å². The number of piperidine rings is 1. The molecule has 1 amide bonds. The molecule has 0 spiro atoms. The zero-order chi connectivity index (χ0) is 22.8.